The maximum atomic E-state index is 13.1. The van der Waals surface area contributed by atoms with Gasteiger partial charge in [0.2, 0.25) is 5.62 Å². The van der Waals surface area contributed by atoms with E-state index in [9.17, 15) is 39.5 Å². The highest BCUT2D eigenvalue weighted by atomic mass is 79.9. The van der Waals surface area contributed by atoms with Crippen molar-refractivity contribution in [3.63, 3.8) is 0 Å². The van der Waals surface area contributed by atoms with E-state index < -0.39 is 57.0 Å². The van der Waals surface area contributed by atoms with E-state index in [4.69, 9.17) is 4.74 Å². The molecule has 1 aromatic heterocycles. The molecule has 0 bridgehead atoms. The maximum absolute atomic E-state index is 13.1. The van der Waals surface area contributed by atoms with Gasteiger partial charge in [0, 0.05) is 13.1 Å². The van der Waals surface area contributed by atoms with Crippen molar-refractivity contribution >= 4 is 21.6 Å². The Morgan fingerprint density at radius 2 is 1.52 bits per heavy atom. The molecule has 0 saturated carbocycles. The van der Waals surface area contributed by atoms with Crippen LogP contribution in [0.3, 0.4) is 0 Å². The second-order valence-electron chi connectivity index (χ2n) is 5.50. The Morgan fingerprint density at radius 1 is 0.931 bits per heavy atom. The number of ether oxygens (including phenoxy) is 1. The number of methoxy groups -OCH3 is 1. The minimum atomic E-state index is -5.19. The highest BCUT2D eigenvalue weighted by molar-refractivity contribution is 9.10. The summed E-state index contributed by atoms with van der Waals surface area (Å²) >= 11 is 2.52. The number of hydrogen-bond donors (Lipinski definition) is 0. The number of halogens is 10. The molecule has 0 aliphatic carbocycles. The van der Waals surface area contributed by atoms with Gasteiger partial charge in [0.25, 0.3) is 0 Å². The first-order chi connectivity index (χ1) is 13.1. The molecular formula is C15H9BrF9N3O. The summed E-state index contributed by atoms with van der Waals surface area (Å²) in [4.78, 5) is 6.68. The van der Waals surface area contributed by atoms with Gasteiger partial charge in [-0.25, -0.2) is 9.98 Å². The van der Waals surface area contributed by atoms with Gasteiger partial charge in [0.1, 0.15) is 0 Å². The minimum Gasteiger partial charge on any atom is -0.482 e. The van der Waals surface area contributed by atoms with Crippen molar-refractivity contribution in [2.24, 2.45) is 12.0 Å². The summed E-state index contributed by atoms with van der Waals surface area (Å²) < 4.78 is 122. The normalized spacial score (nSPS) is 13.7. The fraction of sp³-hybridized carbons (Fsp3) is 0.333. The van der Waals surface area contributed by atoms with Crippen molar-refractivity contribution < 1.29 is 44.3 Å². The number of nitrogens with zero attached hydrogens (tertiary/aromatic N) is 3. The zero-order valence-electron chi connectivity index (χ0n) is 14.3. The second-order valence-corrected chi connectivity index (χ2v) is 6.30. The monoisotopic (exact) mass is 497 g/mol. The van der Waals surface area contributed by atoms with Gasteiger partial charge in [-0.2, -0.15) is 39.5 Å². The van der Waals surface area contributed by atoms with Gasteiger partial charge in [-0.15, -0.1) is 0 Å². The molecule has 0 fully saturated rings. The Hall–Kier alpha value is -2.25. The second kappa shape index (κ2) is 7.54. The Balaban J connectivity index is 2.90. The molecule has 0 unspecified atom stereocenters. The molecule has 0 aliphatic rings. The lowest BCUT2D eigenvalue weighted by Crippen LogP contribution is -2.27. The average Bonchev–Trinajstić information content (AvgIpc) is 2.55. The predicted molar refractivity (Wildman–Crippen MR) is 84.1 cm³/mol. The van der Waals surface area contributed by atoms with Crippen LogP contribution in [-0.2, 0) is 25.6 Å². The van der Waals surface area contributed by atoms with Gasteiger partial charge < -0.3 is 4.74 Å². The van der Waals surface area contributed by atoms with E-state index in [1.54, 1.807) is 0 Å². The summed E-state index contributed by atoms with van der Waals surface area (Å²) in [6.07, 6.45) is -15.3. The molecule has 0 aliphatic heterocycles. The average molecular weight is 498 g/mol. The van der Waals surface area contributed by atoms with Crippen LogP contribution in [0.15, 0.2) is 27.7 Å². The molecule has 14 heteroatoms. The smallest absolute Gasteiger partial charge is 0.433 e. The third-order valence-electron chi connectivity index (χ3n) is 3.52. The molecule has 160 valence electrons. The summed E-state index contributed by atoms with van der Waals surface area (Å²) in [6.45, 7) is 0. The van der Waals surface area contributed by atoms with E-state index in [1.165, 1.54) is 0 Å². The summed E-state index contributed by atoms with van der Waals surface area (Å²) in [5.74, 6) is -0.426. The lowest BCUT2D eigenvalue weighted by molar-refractivity contribution is -0.143. The third-order valence-corrected chi connectivity index (χ3v) is 4.35. The van der Waals surface area contributed by atoms with Crippen molar-refractivity contribution in [2.75, 3.05) is 7.11 Å². The van der Waals surface area contributed by atoms with Gasteiger partial charge >= 0.3 is 18.5 Å². The third kappa shape index (κ3) is 5.03. The first-order valence-corrected chi connectivity index (χ1v) is 8.07. The van der Waals surface area contributed by atoms with E-state index in [-0.39, 0.29) is 12.1 Å². The number of alkyl halides is 9. The van der Waals surface area contributed by atoms with Crippen LogP contribution < -0.4 is 10.4 Å². The first kappa shape index (κ1) is 23.0. The molecule has 2 rings (SSSR count). The summed E-state index contributed by atoms with van der Waals surface area (Å²) in [5, 5.41) is 0. The van der Waals surface area contributed by atoms with Crippen LogP contribution in [0.1, 0.15) is 16.8 Å². The van der Waals surface area contributed by atoms with Gasteiger partial charge in [-0.05, 0) is 28.1 Å². The largest absolute Gasteiger partial charge is 0.482 e. The summed E-state index contributed by atoms with van der Waals surface area (Å²) in [5.41, 5.74) is -6.63. The fourth-order valence-corrected chi connectivity index (χ4v) is 2.68. The number of hydrogen-bond acceptors (Lipinski definition) is 3. The SMILES string of the molecule is COc1cc(C(F)(F)F)nc(=Nc2cc(C(F)(F)F)cc(C(F)(F)F)c2Br)n1C. The van der Waals surface area contributed by atoms with Crippen LogP contribution in [0, 0.1) is 0 Å². The van der Waals surface area contributed by atoms with Crippen molar-refractivity contribution in [3.05, 3.63) is 45.1 Å². The summed E-state index contributed by atoms with van der Waals surface area (Å²) in [7, 11) is 2.14. The van der Waals surface area contributed by atoms with Crippen molar-refractivity contribution in [1.82, 2.24) is 9.55 Å². The Morgan fingerprint density at radius 3 is 1.97 bits per heavy atom. The van der Waals surface area contributed by atoms with E-state index in [2.05, 4.69) is 25.9 Å². The van der Waals surface area contributed by atoms with Crippen LogP contribution in [0.4, 0.5) is 45.2 Å². The summed E-state index contributed by atoms with van der Waals surface area (Å²) in [6, 6.07) is 0.623. The standard InChI is InChI=1S/C15H9BrF9N3O/c1-28-10(29-2)5-9(15(23,24)25)27-12(28)26-8-4-6(13(17,18)19)3-7(11(8)16)14(20,21)22/h3-5H,1-2H3. The molecule has 4 nitrogen and oxygen atoms in total. The molecule has 2 aromatic rings. The molecule has 0 radical (unpaired) electrons. The highest BCUT2D eigenvalue weighted by Crippen LogP contribution is 2.43. The van der Waals surface area contributed by atoms with E-state index >= 15 is 0 Å². The van der Waals surface area contributed by atoms with Gasteiger partial charge in [-0.1, -0.05) is 0 Å². The zero-order chi connectivity index (χ0) is 22.4. The zero-order valence-corrected chi connectivity index (χ0v) is 15.8. The molecule has 0 N–H and O–H groups in total. The first-order valence-electron chi connectivity index (χ1n) is 7.27. The van der Waals surface area contributed by atoms with E-state index in [0.29, 0.717) is 6.07 Å². The maximum Gasteiger partial charge on any atom is 0.433 e. The lowest BCUT2D eigenvalue weighted by Gasteiger charge is -2.16. The van der Waals surface area contributed by atoms with E-state index in [1.807, 2.05) is 0 Å². The Bertz CT molecular complexity index is 991. The molecule has 0 atom stereocenters. The van der Waals surface area contributed by atoms with Crippen LogP contribution >= 0.6 is 15.9 Å². The van der Waals surface area contributed by atoms with Gasteiger partial charge in [-0.3, -0.25) is 4.57 Å². The number of rotatable bonds is 2. The molecular weight excluding hydrogens is 489 g/mol. The molecule has 1 aromatic carbocycles. The predicted octanol–water partition coefficient (Wildman–Crippen LogP) is 5.48. The van der Waals surface area contributed by atoms with Crippen LogP contribution in [0.5, 0.6) is 5.88 Å². The molecule has 0 saturated heterocycles. The molecule has 0 spiro atoms. The van der Waals surface area contributed by atoms with Crippen molar-refractivity contribution in [3.8, 4) is 5.88 Å². The van der Waals surface area contributed by atoms with Gasteiger partial charge in [0.05, 0.1) is 28.4 Å². The molecule has 0 amide bonds. The Kier molecular flexibility index (Phi) is 5.99. The Labute approximate surface area is 164 Å². The number of aromatic nitrogens is 2. The molecule has 29 heavy (non-hydrogen) atoms. The topological polar surface area (TPSA) is 39.4 Å². The quantitative estimate of drug-likeness (QED) is 0.515. The highest BCUT2D eigenvalue weighted by Gasteiger charge is 2.39. The van der Waals surface area contributed by atoms with Crippen molar-refractivity contribution in [2.45, 2.75) is 18.5 Å². The number of benzene rings is 1. The van der Waals surface area contributed by atoms with Crippen LogP contribution in [0.2, 0.25) is 0 Å². The minimum absolute atomic E-state index is 0.136. The molecule has 1 heterocycles. The van der Waals surface area contributed by atoms with Crippen LogP contribution in [0.25, 0.3) is 0 Å². The van der Waals surface area contributed by atoms with Crippen molar-refractivity contribution in [1.29, 1.82) is 0 Å². The van der Waals surface area contributed by atoms with Crippen LogP contribution in [-0.4, -0.2) is 16.7 Å². The van der Waals surface area contributed by atoms with E-state index in [0.717, 1.165) is 18.7 Å². The van der Waals surface area contributed by atoms with Gasteiger partial charge in [0.15, 0.2) is 11.6 Å². The fourth-order valence-electron chi connectivity index (χ4n) is 2.14. The lowest BCUT2D eigenvalue weighted by atomic mass is 10.1.